The van der Waals surface area contributed by atoms with Crippen molar-refractivity contribution in [1.82, 2.24) is 0 Å². The van der Waals surface area contributed by atoms with Gasteiger partial charge >= 0.3 is 5.97 Å². The molecular formula is C26H25NO4. The predicted molar refractivity (Wildman–Crippen MR) is 119 cm³/mol. The molecule has 1 atom stereocenters. The number of fused-ring (bicyclic) bond motifs is 1. The Balaban J connectivity index is 1.33. The van der Waals surface area contributed by atoms with Crippen molar-refractivity contribution in [1.29, 1.82) is 0 Å². The maximum Gasteiger partial charge on any atom is 0.344 e. The van der Waals surface area contributed by atoms with Crippen LogP contribution in [0.1, 0.15) is 23.6 Å². The first-order valence-corrected chi connectivity index (χ1v) is 10.4. The van der Waals surface area contributed by atoms with Crippen LogP contribution in [0.15, 0.2) is 78.9 Å². The summed E-state index contributed by atoms with van der Waals surface area (Å²) in [6, 6.07) is 25.5. The van der Waals surface area contributed by atoms with Gasteiger partial charge in [-0.15, -0.1) is 0 Å². The Morgan fingerprint density at radius 2 is 1.65 bits per heavy atom. The van der Waals surface area contributed by atoms with Gasteiger partial charge in [-0.3, -0.25) is 4.79 Å². The quantitative estimate of drug-likeness (QED) is 0.544. The second kappa shape index (κ2) is 9.47. The number of hydrogen-bond acceptors (Lipinski definition) is 4. The first-order valence-electron chi connectivity index (χ1n) is 10.4. The number of carbonyl (C=O) groups excluding carboxylic acids is 2. The summed E-state index contributed by atoms with van der Waals surface area (Å²) >= 11 is 0. The molecule has 0 saturated heterocycles. The van der Waals surface area contributed by atoms with Gasteiger partial charge in [0.05, 0.1) is 0 Å². The van der Waals surface area contributed by atoms with Gasteiger partial charge in [0.25, 0.3) is 5.91 Å². The van der Waals surface area contributed by atoms with Gasteiger partial charge < -0.3 is 14.4 Å². The predicted octanol–water partition coefficient (Wildman–Crippen LogP) is 4.18. The Morgan fingerprint density at radius 3 is 2.48 bits per heavy atom. The molecule has 1 amide bonds. The van der Waals surface area contributed by atoms with Crippen LogP contribution >= 0.6 is 0 Å². The van der Waals surface area contributed by atoms with Crippen LogP contribution in [-0.2, 0) is 27.2 Å². The lowest BCUT2D eigenvalue weighted by Gasteiger charge is -2.21. The van der Waals surface area contributed by atoms with Crippen LogP contribution < -0.4 is 9.64 Å². The van der Waals surface area contributed by atoms with Gasteiger partial charge in [0, 0.05) is 18.7 Å². The highest BCUT2D eigenvalue weighted by molar-refractivity contribution is 5.99. The Labute approximate surface area is 182 Å². The maximum atomic E-state index is 12.8. The van der Waals surface area contributed by atoms with E-state index in [1.165, 1.54) is 0 Å². The lowest BCUT2D eigenvalue weighted by atomic mass is 10.0. The van der Waals surface area contributed by atoms with Gasteiger partial charge in [0.15, 0.2) is 12.7 Å². The summed E-state index contributed by atoms with van der Waals surface area (Å²) in [4.78, 5) is 26.8. The van der Waals surface area contributed by atoms with Crippen LogP contribution in [-0.4, -0.2) is 31.1 Å². The standard InChI is InChI=1S/C26H25NO4/c1-19(26(29)27-16-15-21-11-5-7-13-23(21)27)31-25(28)18-30-24-14-8-6-12-22(24)17-20-9-3-2-4-10-20/h2-14,19H,15-18H2,1H3/t19-/m0/s1. The third kappa shape index (κ3) is 4.94. The number of anilines is 1. The molecule has 158 valence electrons. The van der Waals surface area contributed by atoms with E-state index in [1.54, 1.807) is 11.8 Å². The number of carbonyl (C=O) groups is 2. The Morgan fingerprint density at radius 1 is 0.935 bits per heavy atom. The molecular weight excluding hydrogens is 390 g/mol. The topological polar surface area (TPSA) is 55.8 Å². The molecule has 0 aliphatic carbocycles. The van der Waals surface area contributed by atoms with E-state index in [0.717, 1.165) is 28.8 Å². The third-order valence-corrected chi connectivity index (χ3v) is 5.36. The van der Waals surface area contributed by atoms with E-state index in [0.29, 0.717) is 18.7 Å². The van der Waals surface area contributed by atoms with Crippen molar-refractivity contribution in [3.63, 3.8) is 0 Å². The molecule has 1 aliphatic heterocycles. The monoisotopic (exact) mass is 415 g/mol. The third-order valence-electron chi connectivity index (χ3n) is 5.36. The van der Waals surface area contributed by atoms with Crippen molar-refractivity contribution in [2.24, 2.45) is 0 Å². The summed E-state index contributed by atoms with van der Waals surface area (Å²) in [6.07, 6.45) is 0.640. The van der Waals surface area contributed by atoms with Crippen LogP contribution in [0.4, 0.5) is 5.69 Å². The SMILES string of the molecule is C[C@H](OC(=O)COc1ccccc1Cc1ccccc1)C(=O)N1CCc2ccccc21. The first kappa shape index (κ1) is 20.7. The van der Waals surface area contributed by atoms with E-state index in [1.807, 2.05) is 66.7 Å². The van der Waals surface area contributed by atoms with Crippen molar-refractivity contribution >= 4 is 17.6 Å². The molecule has 0 saturated carbocycles. The summed E-state index contributed by atoms with van der Waals surface area (Å²) in [5.41, 5.74) is 4.17. The number of amides is 1. The van der Waals surface area contributed by atoms with Gasteiger partial charge in [0.1, 0.15) is 5.75 Å². The van der Waals surface area contributed by atoms with Crippen molar-refractivity contribution in [3.05, 3.63) is 95.6 Å². The summed E-state index contributed by atoms with van der Waals surface area (Å²) in [5, 5.41) is 0. The molecule has 0 N–H and O–H groups in total. The number of esters is 1. The Hall–Kier alpha value is -3.60. The van der Waals surface area contributed by atoms with Crippen molar-refractivity contribution in [2.45, 2.75) is 25.9 Å². The van der Waals surface area contributed by atoms with Crippen LogP contribution in [0.25, 0.3) is 0 Å². The van der Waals surface area contributed by atoms with Crippen LogP contribution in [0, 0.1) is 0 Å². The highest BCUT2D eigenvalue weighted by Crippen LogP contribution is 2.28. The molecule has 0 radical (unpaired) electrons. The highest BCUT2D eigenvalue weighted by atomic mass is 16.6. The molecule has 1 heterocycles. The minimum Gasteiger partial charge on any atom is -0.482 e. The molecule has 1 aliphatic rings. The van der Waals surface area contributed by atoms with E-state index in [-0.39, 0.29) is 12.5 Å². The highest BCUT2D eigenvalue weighted by Gasteiger charge is 2.29. The summed E-state index contributed by atoms with van der Waals surface area (Å²) in [6.45, 7) is 1.95. The fourth-order valence-corrected chi connectivity index (χ4v) is 3.81. The van der Waals surface area contributed by atoms with Gasteiger partial charge in [-0.2, -0.15) is 0 Å². The van der Waals surface area contributed by atoms with Gasteiger partial charge in [-0.1, -0.05) is 66.7 Å². The average Bonchev–Trinajstić information content (AvgIpc) is 3.23. The summed E-state index contributed by atoms with van der Waals surface area (Å²) in [7, 11) is 0. The Bertz CT molecular complexity index is 1060. The van der Waals surface area contributed by atoms with E-state index >= 15 is 0 Å². The number of nitrogens with zero attached hydrogens (tertiary/aromatic N) is 1. The average molecular weight is 415 g/mol. The minimum atomic E-state index is -0.873. The largest absolute Gasteiger partial charge is 0.482 e. The maximum absolute atomic E-state index is 12.8. The molecule has 0 unspecified atom stereocenters. The fraction of sp³-hybridized carbons (Fsp3) is 0.231. The molecule has 5 heteroatoms. The lowest BCUT2D eigenvalue weighted by Crippen LogP contribution is -2.39. The molecule has 4 rings (SSSR count). The summed E-state index contributed by atoms with van der Waals surface area (Å²) in [5.74, 6) is -0.152. The molecule has 0 spiro atoms. The van der Waals surface area contributed by atoms with Crippen molar-refractivity contribution in [3.8, 4) is 5.75 Å². The van der Waals surface area contributed by atoms with E-state index < -0.39 is 12.1 Å². The van der Waals surface area contributed by atoms with E-state index in [9.17, 15) is 9.59 Å². The fourth-order valence-electron chi connectivity index (χ4n) is 3.81. The normalized spacial score (nSPS) is 13.4. The van der Waals surface area contributed by atoms with Crippen LogP contribution in [0.3, 0.4) is 0 Å². The minimum absolute atomic E-state index is 0.220. The van der Waals surface area contributed by atoms with E-state index in [4.69, 9.17) is 9.47 Å². The van der Waals surface area contributed by atoms with Gasteiger partial charge in [0.2, 0.25) is 0 Å². The zero-order chi connectivity index (χ0) is 21.6. The van der Waals surface area contributed by atoms with Gasteiger partial charge in [-0.05, 0) is 42.2 Å². The summed E-state index contributed by atoms with van der Waals surface area (Å²) < 4.78 is 11.1. The Kier molecular flexibility index (Phi) is 6.32. The first-order chi connectivity index (χ1) is 15.1. The lowest BCUT2D eigenvalue weighted by molar-refractivity contribution is -0.155. The zero-order valence-electron chi connectivity index (χ0n) is 17.5. The van der Waals surface area contributed by atoms with Crippen LogP contribution in [0.2, 0.25) is 0 Å². The molecule has 0 bridgehead atoms. The van der Waals surface area contributed by atoms with Crippen molar-refractivity contribution in [2.75, 3.05) is 18.1 Å². The number of ether oxygens (including phenoxy) is 2. The number of hydrogen-bond donors (Lipinski definition) is 0. The van der Waals surface area contributed by atoms with Gasteiger partial charge in [-0.25, -0.2) is 4.79 Å². The number of para-hydroxylation sites is 2. The van der Waals surface area contributed by atoms with Crippen molar-refractivity contribution < 1.29 is 19.1 Å². The molecule has 0 aromatic heterocycles. The molecule has 0 fully saturated rings. The molecule has 31 heavy (non-hydrogen) atoms. The van der Waals surface area contributed by atoms with E-state index in [2.05, 4.69) is 12.1 Å². The molecule has 3 aromatic rings. The number of rotatable bonds is 7. The number of benzene rings is 3. The molecule has 5 nitrogen and oxygen atoms in total. The van der Waals surface area contributed by atoms with Crippen LogP contribution in [0.5, 0.6) is 5.75 Å². The zero-order valence-corrected chi connectivity index (χ0v) is 17.5. The second-order valence-electron chi connectivity index (χ2n) is 7.56. The smallest absolute Gasteiger partial charge is 0.344 e. The second-order valence-corrected chi connectivity index (χ2v) is 7.56. The molecule has 3 aromatic carbocycles.